The van der Waals surface area contributed by atoms with Crippen molar-refractivity contribution in [1.29, 1.82) is 0 Å². The average Bonchev–Trinajstić information content (AvgIpc) is 3.40. The molecule has 2 aromatic carbocycles. The lowest BCUT2D eigenvalue weighted by Gasteiger charge is -2.27. The molecule has 268 valence electrons. The third-order valence-electron chi connectivity index (χ3n) is 11.1. The highest BCUT2D eigenvalue weighted by Gasteiger charge is 2.60. The fraction of sp³-hybridized carbons (Fsp3) is 0.342. The summed E-state index contributed by atoms with van der Waals surface area (Å²) in [6, 6.07) is 14.4. The van der Waals surface area contributed by atoms with Gasteiger partial charge in [-0.15, -0.1) is 0 Å². The molecular formula is C38H35ClF2N6O5. The fourth-order valence-corrected chi connectivity index (χ4v) is 8.68. The third-order valence-corrected chi connectivity index (χ3v) is 11.5. The molecule has 52 heavy (non-hydrogen) atoms. The number of alkyl halides is 2. The van der Waals surface area contributed by atoms with E-state index in [4.69, 9.17) is 21.3 Å². The number of carboxylic acids is 1. The van der Waals surface area contributed by atoms with Gasteiger partial charge >= 0.3 is 11.7 Å². The van der Waals surface area contributed by atoms with Crippen LogP contribution in [0.5, 0.6) is 5.88 Å². The zero-order valence-corrected chi connectivity index (χ0v) is 29.5. The monoisotopic (exact) mass is 728 g/mol. The van der Waals surface area contributed by atoms with E-state index in [2.05, 4.69) is 21.3 Å². The summed E-state index contributed by atoms with van der Waals surface area (Å²) >= 11 is 7.18. The SMILES string of the molecule is COc1nc(-c2cccc(-c3cccc(Nc4nc(C(F)F)cc5c4c(=O)n(C)c(=O)n5C)c3C)c2Cl)cc2c1C(N1CC3C(C1)C3C(=O)O)CC2. The number of halogens is 3. The van der Waals surface area contributed by atoms with Gasteiger partial charge in [0.25, 0.3) is 12.0 Å². The van der Waals surface area contributed by atoms with Crippen molar-refractivity contribution in [1.82, 2.24) is 24.0 Å². The Morgan fingerprint density at radius 1 is 1.02 bits per heavy atom. The van der Waals surface area contributed by atoms with Gasteiger partial charge < -0.3 is 15.2 Å². The smallest absolute Gasteiger partial charge is 0.330 e. The number of methoxy groups -OCH3 is 1. The van der Waals surface area contributed by atoms with Crippen LogP contribution < -0.4 is 21.3 Å². The van der Waals surface area contributed by atoms with Crippen LogP contribution >= 0.6 is 11.6 Å². The summed E-state index contributed by atoms with van der Waals surface area (Å²) < 4.78 is 35.9. The molecule has 1 saturated carbocycles. The number of aromatic nitrogens is 4. The number of hydrogen-bond donors (Lipinski definition) is 2. The second kappa shape index (κ2) is 12.5. The van der Waals surface area contributed by atoms with E-state index in [9.17, 15) is 28.3 Å². The fourth-order valence-electron chi connectivity index (χ4n) is 8.36. The average molecular weight is 729 g/mol. The molecule has 8 rings (SSSR count). The zero-order valence-electron chi connectivity index (χ0n) is 28.8. The second-order valence-corrected chi connectivity index (χ2v) is 14.2. The minimum atomic E-state index is -2.94. The number of carbonyl (C=O) groups is 1. The number of aliphatic carboxylic acids is 1. The van der Waals surface area contributed by atoms with Crippen LogP contribution in [0.25, 0.3) is 33.3 Å². The third kappa shape index (κ3) is 5.28. The highest BCUT2D eigenvalue weighted by molar-refractivity contribution is 6.36. The summed E-state index contributed by atoms with van der Waals surface area (Å²) in [5.74, 6) is -0.0749. The van der Waals surface area contributed by atoms with E-state index >= 15 is 0 Å². The lowest BCUT2D eigenvalue weighted by molar-refractivity contribution is -0.139. The Morgan fingerprint density at radius 3 is 2.40 bits per heavy atom. The number of likely N-dealkylation sites (tertiary alicyclic amines) is 1. The number of carboxylic acid groups (broad SMARTS) is 1. The van der Waals surface area contributed by atoms with E-state index in [0.29, 0.717) is 33.4 Å². The van der Waals surface area contributed by atoms with Gasteiger partial charge in [0, 0.05) is 55.6 Å². The quantitative estimate of drug-likeness (QED) is 0.190. The van der Waals surface area contributed by atoms with Crippen molar-refractivity contribution in [2.45, 2.75) is 32.2 Å². The van der Waals surface area contributed by atoms with Gasteiger partial charge in [-0.1, -0.05) is 41.9 Å². The summed E-state index contributed by atoms with van der Waals surface area (Å²) in [5.41, 5.74) is 4.39. The summed E-state index contributed by atoms with van der Waals surface area (Å²) in [6.07, 6.45) is -1.21. The first kappa shape index (κ1) is 34.0. The molecule has 0 radical (unpaired) electrons. The minimum Gasteiger partial charge on any atom is -0.481 e. The summed E-state index contributed by atoms with van der Waals surface area (Å²) in [5, 5.41) is 13.0. The maximum absolute atomic E-state index is 14.0. The highest BCUT2D eigenvalue weighted by Crippen LogP contribution is 2.55. The molecule has 11 nitrogen and oxygen atoms in total. The Hall–Kier alpha value is -5.14. The van der Waals surface area contributed by atoms with Gasteiger partial charge in [0.1, 0.15) is 16.9 Å². The molecular weight excluding hydrogens is 694 g/mol. The van der Waals surface area contributed by atoms with Crippen LogP contribution in [0.15, 0.2) is 58.1 Å². The van der Waals surface area contributed by atoms with E-state index in [1.54, 1.807) is 19.2 Å². The molecule has 2 N–H and O–H groups in total. The van der Waals surface area contributed by atoms with Gasteiger partial charge in [0.05, 0.1) is 29.3 Å². The van der Waals surface area contributed by atoms with E-state index < -0.39 is 29.3 Å². The molecule has 0 spiro atoms. The Balaban J connectivity index is 1.15. The summed E-state index contributed by atoms with van der Waals surface area (Å²) in [4.78, 5) is 48.8. The van der Waals surface area contributed by atoms with Gasteiger partial charge in [0.2, 0.25) is 5.88 Å². The standard InChI is InChI=1S/C38H35ClF2N6O5/c1-17-19(7-6-10-24(17)42-34-31-28(14-26(43-34)33(40)41)45(2)38(51)46(3)36(31)48)20-8-5-9-21(32(20)39)25-13-18-11-12-27(29(18)35(44-25)52-4)47-15-22-23(16-47)30(22)37(49)50/h5-10,13-14,22-23,27,30,33H,11-12,15-16H2,1-4H3,(H,42,43)(H,49,50). The number of benzene rings is 2. The van der Waals surface area contributed by atoms with Gasteiger partial charge in [-0.05, 0) is 66.5 Å². The summed E-state index contributed by atoms with van der Waals surface area (Å²) in [6.45, 7) is 3.38. The normalized spacial score (nSPS) is 20.7. The van der Waals surface area contributed by atoms with E-state index in [-0.39, 0.29) is 40.5 Å². The van der Waals surface area contributed by atoms with Crippen molar-refractivity contribution in [3.05, 3.63) is 96.8 Å². The maximum atomic E-state index is 14.0. The Bertz CT molecular complexity index is 2440. The first-order valence-corrected chi connectivity index (χ1v) is 17.4. The molecule has 4 heterocycles. The van der Waals surface area contributed by atoms with E-state index in [1.807, 2.05) is 31.2 Å². The topological polar surface area (TPSA) is 132 Å². The Labute approximate surface area is 301 Å². The van der Waals surface area contributed by atoms with Crippen LogP contribution in [0.3, 0.4) is 0 Å². The molecule has 0 bridgehead atoms. The van der Waals surface area contributed by atoms with Crippen LogP contribution in [-0.4, -0.2) is 55.3 Å². The number of anilines is 2. The van der Waals surface area contributed by atoms with Crippen molar-refractivity contribution in [3.63, 3.8) is 0 Å². The van der Waals surface area contributed by atoms with Crippen LogP contribution in [0.2, 0.25) is 5.02 Å². The van der Waals surface area contributed by atoms with Crippen LogP contribution in [-0.2, 0) is 25.3 Å². The molecule has 1 saturated heterocycles. The first-order chi connectivity index (χ1) is 24.9. The molecule has 2 aliphatic carbocycles. The Kier molecular flexibility index (Phi) is 8.18. The number of piperidine rings is 1. The lowest BCUT2D eigenvalue weighted by Crippen LogP contribution is -2.37. The largest absolute Gasteiger partial charge is 0.481 e. The van der Waals surface area contributed by atoms with Crippen LogP contribution in [0, 0.1) is 24.7 Å². The molecule has 0 amide bonds. The molecule has 3 aliphatic rings. The molecule has 5 aromatic rings. The molecule has 3 atom stereocenters. The number of nitrogens with one attached hydrogen (secondary N) is 1. The predicted molar refractivity (Wildman–Crippen MR) is 193 cm³/mol. The van der Waals surface area contributed by atoms with Gasteiger partial charge in [-0.3, -0.25) is 23.6 Å². The molecule has 3 unspecified atom stereocenters. The van der Waals surface area contributed by atoms with Crippen molar-refractivity contribution in [3.8, 4) is 28.3 Å². The highest BCUT2D eigenvalue weighted by atomic mass is 35.5. The number of aryl methyl sites for hydroxylation is 2. The van der Waals surface area contributed by atoms with E-state index in [1.165, 1.54) is 14.1 Å². The van der Waals surface area contributed by atoms with Crippen LogP contribution in [0.1, 0.15) is 41.3 Å². The van der Waals surface area contributed by atoms with Crippen molar-refractivity contribution in [2.75, 3.05) is 25.5 Å². The number of ether oxygens (including phenoxy) is 1. The van der Waals surface area contributed by atoms with Crippen molar-refractivity contribution < 1.29 is 23.4 Å². The second-order valence-electron chi connectivity index (χ2n) is 13.9. The lowest BCUT2D eigenvalue weighted by atomic mass is 9.96. The number of rotatable bonds is 8. The Morgan fingerprint density at radius 2 is 1.71 bits per heavy atom. The number of fused-ring (bicyclic) bond motifs is 3. The summed E-state index contributed by atoms with van der Waals surface area (Å²) in [7, 11) is 4.35. The maximum Gasteiger partial charge on any atom is 0.330 e. The van der Waals surface area contributed by atoms with Gasteiger partial charge in [0.15, 0.2) is 0 Å². The number of pyridine rings is 2. The zero-order chi connectivity index (χ0) is 36.7. The molecule has 3 aromatic heterocycles. The first-order valence-electron chi connectivity index (χ1n) is 17.0. The number of hydrogen-bond acceptors (Lipinski definition) is 8. The molecule has 2 fully saturated rings. The number of nitrogens with zero attached hydrogens (tertiary/aromatic N) is 5. The van der Waals surface area contributed by atoms with Gasteiger partial charge in [-0.2, -0.15) is 0 Å². The van der Waals surface area contributed by atoms with Gasteiger partial charge in [-0.25, -0.2) is 23.5 Å². The van der Waals surface area contributed by atoms with Crippen molar-refractivity contribution in [2.24, 2.45) is 31.8 Å². The van der Waals surface area contributed by atoms with E-state index in [0.717, 1.165) is 63.4 Å². The molecule has 1 aliphatic heterocycles. The predicted octanol–water partition coefficient (Wildman–Crippen LogP) is 6.26. The minimum absolute atomic E-state index is 0.00342. The molecule has 14 heteroatoms. The van der Waals surface area contributed by atoms with Crippen molar-refractivity contribution >= 4 is 40.0 Å². The van der Waals surface area contributed by atoms with Crippen LogP contribution in [0.4, 0.5) is 20.3 Å².